The van der Waals surface area contributed by atoms with Gasteiger partial charge in [-0.25, -0.2) is 0 Å². The van der Waals surface area contributed by atoms with Crippen molar-refractivity contribution in [1.29, 1.82) is 0 Å². The first kappa shape index (κ1) is 18.8. The second-order valence-corrected chi connectivity index (χ2v) is 8.59. The lowest BCUT2D eigenvalue weighted by Crippen LogP contribution is -2.31. The van der Waals surface area contributed by atoms with Crippen LogP contribution in [0.15, 0.2) is 22.7 Å². The third-order valence-electron chi connectivity index (χ3n) is 5.94. The van der Waals surface area contributed by atoms with Crippen molar-refractivity contribution in [3.05, 3.63) is 35.0 Å². The number of nitrogens with zero attached hydrogens (tertiary/aromatic N) is 3. The molecule has 1 saturated heterocycles. The van der Waals surface area contributed by atoms with Crippen molar-refractivity contribution in [2.75, 3.05) is 27.2 Å². The molecule has 4 nitrogen and oxygen atoms in total. The highest BCUT2D eigenvalue weighted by molar-refractivity contribution is 6.04. The number of piperidine rings is 1. The van der Waals surface area contributed by atoms with Crippen LogP contribution in [0.2, 0.25) is 0 Å². The Morgan fingerprint density at radius 3 is 2.70 bits per heavy atom. The van der Waals surface area contributed by atoms with E-state index in [2.05, 4.69) is 48.4 Å². The Bertz CT molecular complexity index is 801. The minimum absolute atomic E-state index is 0.749. The molecule has 0 atom stereocenters. The van der Waals surface area contributed by atoms with Crippen molar-refractivity contribution in [3.8, 4) is 0 Å². The summed E-state index contributed by atoms with van der Waals surface area (Å²) in [6.07, 6.45) is 11.8. The molecule has 0 N–H and O–H groups in total. The number of hydrogen-bond donors (Lipinski definition) is 0. The lowest BCUT2D eigenvalue weighted by atomic mass is 9.90. The van der Waals surface area contributed by atoms with Gasteiger partial charge in [0.2, 0.25) is 0 Å². The Morgan fingerprint density at radius 2 is 2.00 bits per heavy atom. The van der Waals surface area contributed by atoms with Gasteiger partial charge in [0.05, 0.1) is 5.69 Å². The predicted octanol–water partition coefficient (Wildman–Crippen LogP) is 4.04. The first-order valence-electron chi connectivity index (χ1n) is 10.3. The summed E-state index contributed by atoms with van der Waals surface area (Å²) in [5.41, 5.74) is 4.59. The van der Waals surface area contributed by atoms with Crippen LogP contribution >= 0.6 is 0 Å². The summed E-state index contributed by atoms with van der Waals surface area (Å²) in [4.78, 5) is 4.14. The Kier molecular flexibility index (Phi) is 5.70. The van der Waals surface area contributed by atoms with E-state index in [-0.39, 0.29) is 0 Å². The first-order chi connectivity index (χ1) is 13.1. The zero-order valence-corrected chi connectivity index (χ0v) is 16.7. The third-order valence-corrected chi connectivity index (χ3v) is 5.94. The van der Waals surface area contributed by atoms with Crippen molar-refractivity contribution in [2.45, 2.75) is 45.1 Å². The molecule has 1 aromatic carbocycles. The molecule has 0 amide bonds. The van der Waals surface area contributed by atoms with E-state index in [0.717, 1.165) is 49.2 Å². The smallest absolute Gasteiger partial charge is 0.182 e. The van der Waals surface area contributed by atoms with Crippen LogP contribution in [-0.4, -0.2) is 50.0 Å². The summed E-state index contributed by atoms with van der Waals surface area (Å²) < 4.78 is 5.86. The van der Waals surface area contributed by atoms with Gasteiger partial charge in [0.25, 0.3) is 0 Å². The zero-order chi connectivity index (χ0) is 18.8. The molecule has 2 heterocycles. The highest BCUT2D eigenvalue weighted by Crippen LogP contribution is 2.33. The number of aromatic nitrogens is 1. The number of hydrogen-bond acceptors (Lipinski definition) is 4. The minimum Gasteiger partial charge on any atom is -0.356 e. The monoisotopic (exact) mass is 363 g/mol. The van der Waals surface area contributed by atoms with E-state index in [9.17, 15) is 0 Å². The quantitative estimate of drug-likeness (QED) is 0.695. The fraction of sp³-hybridized carbons (Fsp3) is 0.591. The molecule has 1 aliphatic heterocycles. The molecule has 2 fully saturated rings. The molecule has 4 rings (SSSR count). The average molecular weight is 363 g/mol. The zero-order valence-electron chi connectivity index (χ0n) is 16.7. The van der Waals surface area contributed by atoms with Gasteiger partial charge in [-0.2, -0.15) is 0 Å². The van der Waals surface area contributed by atoms with E-state index >= 15 is 0 Å². The maximum absolute atomic E-state index is 5.88. The van der Waals surface area contributed by atoms with Gasteiger partial charge in [-0.15, -0.1) is 0 Å². The molecular weight excluding hydrogens is 333 g/mol. The first-order valence-corrected chi connectivity index (χ1v) is 10.3. The predicted molar refractivity (Wildman–Crippen MR) is 112 cm³/mol. The van der Waals surface area contributed by atoms with Crippen LogP contribution < -0.4 is 0 Å². The third kappa shape index (κ3) is 4.64. The topological polar surface area (TPSA) is 32.5 Å². The second kappa shape index (κ2) is 8.20. The number of benzene rings is 1. The van der Waals surface area contributed by atoms with Crippen molar-refractivity contribution in [2.24, 2.45) is 11.8 Å². The second-order valence-electron chi connectivity index (χ2n) is 8.59. The lowest BCUT2D eigenvalue weighted by molar-refractivity contribution is 0.270. The molecular formula is C22H30BN3O. The molecule has 0 unspecified atom stereocenters. The van der Waals surface area contributed by atoms with E-state index in [1.165, 1.54) is 48.6 Å². The summed E-state index contributed by atoms with van der Waals surface area (Å²) in [5, 5.41) is 5.65. The highest BCUT2D eigenvalue weighted by atomic mass is 16.5. The van der Waals surface area contributed by atoms with E-state index < -0.39 is 0 Å². The van der Waals surface area contributed by atoms with Crippen LogP contribution in [0.25, 0.3) is 17.0 Å². The Hall–Kier alpha value is -1.59. The van der Waals surface area contributed by atoms with Gasteiger partial charge in [-0.05, 0) is 89.2 Å². The fourth-order valence-electron chi connectivity index (χ4n) is 4.05. The molecule has 2 radical (unpaired) electrons. The van der Waals surface area contributed by atoms with Gasteiger partial charge in [-0.1, -0.05) is 23.4 Å². The molecule has 27 heavy (non-hydrogen) atoms. The molecule has 0 bridgehead atoms. The summed E-state index contributed by atoms with van der Waals surface area (Å²) >= 11 is 0. The molecule has 1 aliphatic carbocycles. The molecule has 2 aromatic rings. The number of allylic oxidation sites excluding steroid dienone is 1. The normalized spacial score (nSPS) is 19.7. The van der Waals surface area contributed by atoms with Crippen molar-refractivity contribution < 1.29 is 4.52 Å². The average Bonchev–Trinajstić information content (AvgIpc) is 3.39. The molecule has 0 spiro atoms. The van der Waals surface area contributed by atoms with Crippen LogP contribution in [0.3, 0.4) is 0 Å². The molecule has 2 aliphatic rings. The molecule has 1 saturated carbocycles. The number of rotatable bonds is 7. The van der Waals surface area contributed by atoms with Crippen LogP contribution in [0, 0.1) is 11.8 Å². The SMILES string of the molecule is [B]N1CCC(CCc2noc3c(CN(C)C)c(/C=C\C4CC4)ccc23)CC1. The molecule has 5 heteroatoms. The van der Waals surface area contributed by atoms with Crippen LogP contribution in [0.4, 0.5) is 0 Å². The van der Waals surface area contributed by atoms with Crippen LogP contribution in [0.5, 0.6) is 0 Å². The standard InChI is InChI=1S/C22H30BN3O/c1-25(2)15-20-18(7-5-16-3-4-16)8-9-19-21(24-27-22(19)20)10-6-17-11-13-26(23)14-12-17/h5,7-9,16-17H,3-4,6,10-15H2,1-2H3/b7-5-. The minimum atomic E-state index is 0.749. The van der Waals surface area contributed by atoms with Crippen molar-refractivity contribution in [1.82, 2.24) is 14.9 Å². The van der Waals surface area contributed by atoms with Crippen LogP contribution in [-0.2, 0) is 13.0 Å². The van der Waals surface area contributed by atoms with E-state index in [4.69, 9.17) is 12.5 Å². The van der Waals surface area contributed by atoms with Gasteiger partial charge in [0, 0.05) is 17.5 Å². The fourth-order valence-corrected chi connectivity index (χ4v) is 4.05. The Morgan fingerprint density at radius 1 is 1.22 bits per heavy atom. The number of fused-ring (bicyclic) bond motifs is 1. The number of aryl methyl sites for hydroxylation is 1. The van der Waals surface area contributed by atoms with E-state index in [0.29, 0.717) is 0 Å². The summed E-state index contributed by atoms with van der Waals surface area (Å²) in [7, 11) is 10.1. The van der Waals surface area contributed by atoms with Crippen molar-refractivity contribution in [3.63, 3.8) is 0 Å². The van der Waals surface area contributed by atoms with Gasteiger partial charge < -0.3 is 14.2 Å². The maximum atomic E-state index is 5.88. The van der Waals surface area contributed by atoms with Crippen LogP contribution in [0.1, 0.15) is 48.9 Å². The van der Waals surface area contributed by atoms with E-state index in [1.54, 1.807) is 0 Å². The Balaban J connectivity index is 1.54. The summed E-state index contributed by atoms with van der Waals surface area (Å²) in [6.45, 7) is 2.88. The highest BCUT2D eigenvalue weighted by Gasteiger charge is 2.20. The van der Waals surface area contributed by atoms with E-state index in [1.807, 2.05) is 4.81 Å². The van der Waals surface area contributed by atoms with Gasteiger partial charge >= 0.3 is 0 Å². The molecule has 142 valence electrons. The van der Waals surface area contributed by atoms with Crippen molar-refractivity contribution >= 4 is 25.0 Å². The lowest BCUT2D eigenvalue weighted by Gasteiger charge is -2.29. The van der Waals surface area contributed by atoms with Gasteiger partial charge in [0.1, 0.15) is 0 Å². The summed E-state index contributed by atoms with van der Waals surface area (Å²) in [6, 6.07) is 4.45. The largest absolute Gasteiger partial charge is 0.356 e. The Labute approximate surface area is 164 Å². The van der Waals surface area contributed by atoms with Gasteiger partial charge in [-0.3, -0.25) is 0 Å². The molecule has 1 aromatic heterocycles. The maximum Gasteiger partial charge on any atom is 0.182 e. The van der Waals surface area contributed by atoms with Gasteiger partial charge in [0.15, 0.2) is 13.6 Å². The summed E-state index contributed by atoms with van der Waals surface area (Å²) in [5.74, 6) is 1.52.